The zero-order chi connectivity index (χ0) is 28.5. The van der Waals surface area contributed by atoms with Gasteiger partial charge in [-0.25, -0.2) is 0 Å². The number of rotatable bonds is 13. The minimum Gasteiger partial charge on any atom is -0.508 e. The molecule has 2 aromatic carbocycles. The van der Waals surface area contributed by atoms with Crippen molar-refractivity contribution in [2.45, 2.75) is 78.2 Å². The van der Waals surface area contributed by atoms with Crippen molar-refractivity contribution in [3.63, 3.8) is 0 Å². The molecule has 1 heterocycles. The Balaban J connectivity index is 1.89. The molecule has 1 aromatic heterocycles. The Labute approximate surface area is 236 Å². The van der Waals surface area contributed by atoms with Crippen LogP contribution in [0.5, 0.6) is 5.75 Å². The van der Waals surface area contributed by atoms with Gasteiger partial charge in [-0.2, -0.15) is 0 Å². The van der Waals surface area contributed by atoms with E-state index in [1.54, 1.807) is 59.8 Å². The Hall–Kier alpha value is -3.32. The van der Waals surface area contributed by atoms with Crippen LogP contribution in [0.3, 0.4) is 0 Å². The van der Waals surface area contributed by atoms with Crippen LogP contribution >= 0.6 is 11.6 Å². The second-order valence-electron chi connectivity index (χ2n) is 10.2. The molecule has 8 heteroatoms. The van der Waals surface area contributed by atoms with Gasteiger partial charge in [0.25, 0.3) is 5.91 Å². The van der Waals surface area contributed by atoms with Crippen LogP contribution in [0.15, 0.2) is 42.5 Å². The molecule has 0 radical (unpaired) electrons. The lowest BCUT2D eigenvalue weighted by atomic mass is 10.0. The molecule has 210 valence electrons. The van der Waals surface area contributed by atoms with E-state index in [4.69, 9.17) is 11.6 Å². The second kappa shape index (κ2) is 14.2. The quantitative estimate of drug-likeness (QED) is 0.245. The minimum absolute atomic E-state index is 0.0237. The molecular formula is C31H40ClN3O4. The predicted octanol–water partition coefficient (Wildman–Crippen LogP) is 6.25. The molecule has 7 nitrogen and oxygen atoms in total. The smallest absolute Gasteiger partial charge is 0.262 e. The maximum absolute atomic E-state index is 13.5. The topological polar surface area (TPSA) is 91.6 Å². The first-order valence-electron chi connectivity index (χ1n) is 13.8. The summed E-state index contributed by atoms with van der Waals surface area (Å²) < 4.78 is 1.56. The van der Waals surface area contributed by atoms with Gasteiger partial charge in [0.05, 0.1) is 11.9 Å². The molecule has 1 unspecified atom stereocenters. The third-order valence-electron chi connectivity index (χ3n) is 7.15. The van der Waals surface area contributed by atoms with Crippen LogP contribution in [-0.2, 0) is 16.0 Å². The Morgan fingerprint density at radius 3 is 2.36 bits per heavy atom. The van der Waals surface area contributed by atoms with Crippen molar-refractivity contribution < 1.29 is 19.5 Å². The summed E-state index contributed by atoms with van der Waals surface area (Å²) in [4.78, 5) is 41.8. The average molecular weight is 554 g/mol. The molecule has 2 N–H and O–H groups in total. The molecule has 39 heavy (non-hydrogen) atoms. The number of phenols is 1. The van der Waals surface area contributed by atoms with E-state index in [0.29, 0.717) is 45.7 Å². The van der Waals surface area contributed by atoms with Crippen LogP contribution in [0.25, 0.3) is 10.9 Å². The number of amides is 2. The highest BCUT2D eigenvalue weighted by molar-refractivity contribution is 6.30. The number of likely N-dealkylation sites (N-methyl/N-ethyl adjacent to an activating group) is 1. The number of unbranched alkanes of at least 4 members (excludes halogenated alkanes) is 4. The SMILES string of the molecule is CCCCCCC(NC(=O)Cc1c(C)n(C(=O)c2ccc(Cl)cc2)c2ccc(O)cc12)C(=O)N(C)CCCC. The first-order valence-corrected chi connectivity index (χ1v) is 14.2. The first kappa shape index (κ1) is 30.2. The monoisotopic (exact) mass is 553 g/mol. The van der Waals surface area contributed by atoms with Gasteiger partial charge in [-0.1, -0.05) is 57.6 Å². The summed E-state index contributed by atoms with van der Waals surface area (Å²) in [6.07, 6.45) is 6.48. The number of benzene rings is 2. The van der Waals surface area contributed by atoms with Crippen molar-refractivity contribution in [3.05, 3.63) is 64.3 Å². The van der Waals surface area contributed by atoms with Crippen LogP contribution in [-0.4, -0.2) is 51.9 Å². The summed E-state index contributed by atoms with van der Waals surface area (Å²) in [5.74, 6) is -0.588. The molecule has 3 aromatic rings. The van der Waals surface area contributed by atoms with E-state index in [2.05, 4.69) is 19.2 Å². The van der Waals surface area contributed by atoms with E-state index in [-0.39, 0.29) is 29.9 Å². The normalized spacial score (nSPS) is 11.9. The maximum atomic E-state index is 13.5. The number of aromatic nitrogens is 1. The molecular weight excluding hydrogens is 514 g/mol. The number of carbonyl (C=O) groups is 3. The molecule has 1 atom stereocenters. The molecule has 3 rings (SSSR count). The van der Waals surface area contributed by atoms with Crippen LogP contribution in [0.1, 0.15) is 80.4 Å². The fourth-order valence-electron chi connectivity index (χ4n) is 4.89. The molecule has 0 aliphatic rings. The van der Waals surface area contributed by atoms with Crippen molar-refractivity contribution in [1.29, 1.82) is 0 Å². The number of nitrogens with zero attached hydrogens (tertiary/aromatic N) is 2. The number of phenolic OH excluding ortho intramolecular Hbond substituents is 1. The number of hydrogen-bond acceptors (Lipinski definition) is 4. The van der Waals surface area contributed by atoms with E-state index >= 15 is 0 Å². The van der Waals surface area contributed by atoms with Crippen molar-refractivity contribution in [2.75, 3.05) is 13.6 Å². The average Bonchev–Trinajstić information content (AvgIpc) is 3.18. The number of aromatic hydroxyl groups is 1. The van der Waals surface area contributed by atoms with Gasteiger partial charge in [0, 0.05) is 35.3 Å². The van der Waals surface area contributed by atoms with Gasteiger partial charge < -0.3 is 15.3 Å². The van der Waals surface area contributed by atoms with E-state index in [1.807, 2.05) is 0 Å². The van der Waals surface area contributed by atoms with Gasteiger partial charge in [-0.05, 0) is 67.8 Å². The van der Waals surface area contributed by atoms with Crippen LogP contribution < -0.4 is 5.32 Å². The summed E-state index contributed by atoms with van der Waals surface area (Å²) in [6.45, 7) is 6.66. The zero-order valence-corrected chi connectivity index (χ0v) is 24.2. The predicted molar refractivity (Wildman–Crippen MR) is 156 cm³/mol. The minimum atomic E-state index is -0.603. The molecule has 0 aliphatic heterocycles. The van der Waals surface area contributed by atoms with Gasteiger partial charge in [0.15, 0.2) is 0 Å². The van der Waals surface area contributed by atoms with Gasteiger partial charge in [0.2, 0.25) is 11.8 Å². The Morgan fingerprint density at radius 1 is 1.00 bits per heavy atom. The van der Waals surface area contributed by atoms with Gasteiger partial charge >= 0.3 is 0 Å². The van der Waals surface area contributed by atoms with E-state index in [0.717, 1.165) is 38.5 Å². The lowest BCUT2D eigenvalue weighted by Gasteiger charge is -2.25. The van der Waals surface area contributed by atoms with Crippen LogP contribution in [0, 0.1) is 6.92 Å². The summed E-state index contributed by atoms with van der Waals surface area (Å²) >= 11 is 6.01. The second-order valence-corrected chi connectivity index (χ2v) is 10.6. The molecule has 0 spiro atoms. The lowest BCUT2D eigenvalue weighted by Crippen LogP contribution is -2.48. The largest absolute Gasteiger partial charge is 0.508 e. The summed E-state index contributed by atoms with van der Waals surface area (Å²) in [5.41, 5.74) is 2.30. The molecule has 0 saturated carbocycles. The summed E-state index contributed by atoms with van der Waals surface area (Å²) in [6, 6.07) is 10.8. The molecule has 2 amide bonds. The van der Waals surface area contributed by atoms with Crippen molar-refractivity contribution in [1.82, 2.24) is 14.8 Å². The third kappa shape index (κ3) is 7.63. The summed E-state index contributed by atoms with van der Waals surface area (Å²) in [5, 5.41) is 14.3. The van der Waals surface area contributed by atoms with Crippen molar-refractivity contribution >= 4 is 40.2 Å². The summed E-state index contributed by atoms with van der Waals surface area (Å²) in [7, 11) is 1.78. The van der Waals surface area contributed by atoms with Crippen molar-refractivity contribution in [2.24, 2.45) is 0 Å². The molecule has 0 fully saturated rings. The molecule has 0 saturated heterocycles. The highest BCUT2D eigenvalue weighted by Crippen LogP contribution is 2.30. The van der Waals surface area contributed by atoms with E-state index in [1.165, 1.54) is 6.07 Å². The Bertz CT molecular complexity index is 1300. The molecule has 0 bridgehead atoms. The van der Waals surface area contributed by atoms with Gasteiger partial charge in [-0.15, -0.1) is 0 Å². The van der Waals surface area contributed by atoms with Crippen molar-refractivity contribution in [3.8, 4) is 5.75 Å². The Morgan fingerprint density at radius 2 is 1.69 bits per heavy atom. The number of carbonyl (C=O) groups excluding carboxylic acids is 3. The number of fused-ring (bicyclic) bond motifs is 1. The first-order chi connectivity index (χ1) is 18.7. The molecule has 0 aliphatic carbocycles. The van der Waals surface area contributed by atoms with Gasteiger partial charge in [0.1, 0.15) is 11.8 Å². The van der Waals surface area contributed by atoms with Gasteiger partial charge in [-0.3, -0.25) is 19.0 Å². The standard InChI is InChI=1S/C31H40ClN3O4/c1-5-7-9-10-11-27(31(39)34(4)18-8-6-2)33-29(37)20-25-21(3)35(28-17-16-24(36)19-26(25)28)30(38)22-12-14-23(32)15-13-22/h12-17,19,27,36H,5-11,18,20H2,1-4H3,(H,33,37). The van der Waals surface area contributed by atoms with Crippen LogP contribution in [0.4, 0.5) is 0 Å². The van der Waals surface area contributed by atoms with E-state index < -0.39 is 6.04 Å². The maximum Gasteiger partial charge on any atom is 0.262 e. The number of hydrogen-bond donors (Lipinski definition) is 2. The van der Waals surface area contributed by atoms with Crippen LogP contribution in [0.2, 0.25) is 5.02 Å². The zero-order valence-electron chi connectivity index (χ0n) is 23.4. The fraction of sp³-hybridized carbons (Fsp3) is 0.452. The highest BCUT2D eigenvalue weighted by Gasteiger charge is 2.26. The number of nitrogens with one attached hydrogen (secondary N) is 1. The third-order valence-corrected chi connectivity index (χ3v) is 7.40. The number of halogens is 1. The highest BCUT2D eigenvalue weighted by atomic mass is 35.5. The fourth-order valence-corrected chi connectivity index (χ4v) is 5.01. The lowest BCUT2D eigenvalue weighted by molar-refractivity contribution is -0.135. The van der Waals surface area contributed by atoms with E-state index in [9.17, 15) is 19.5 Å². The Kier molecular flexibility index (Phi) is 11.0.